The standard InChI is InChI=1S/C22H24N2O5/c1-28-16-8-6-15(7-9-16)22-18(17-4-2-3-5-19(17)24-22)10-11-20(25)23-12-13-29-14-21(26)27/h2-9,24H,10-14H2,1H3,(H,23,25)(H,26,27). The minimum absolute atomic E-state index is 0.102. The van der Waals surface area contributed by atoms with Crippen LogP contribution in [0.5, 0.6) is 5.75 Å². The molecule has 0 bridgehead atoms. The first-order valence-electron chi connectivity index (χ1n) is 9.38. The molecule has 0 atom stereocenters. The van der Waals surface area contributed by atoms with Crippen molar-refractivity contribution in [2.45, 2.75) is 12.8 Å². The number of carboxylic acids is 1. The van der Waals surface area contributed by atoms with E-state index in [4.69, 9.17) is 14.6 Å². The predicted molar refractivity (Wildman–Crippen MR) is 110 cm³/mol. The van der Waals surface area contributed by atoms with Gasteiger partial charge in [0.05, 0.1) is 13.7 Å². The van der Waals surface area contributed by atoms with Gasteiger partial charge in [-0.25, -0.2) is 4.79 Å². The Morgan fingerprint density at radius 1 is 1.10 bits per heavy atom. The number of aromatic nitrogens is 1. The molecule has 1 amide bonds. The fourth-order valence-corrected chi connectivity index (χ4v) is 3.21. The van der Waals surface area contributed by atoms with E-state index in [1.54, 1.807) is 7.11 Å². The van der Waals surface area contributed by atoms with Gasteiger partial charge in [0.1, 0.15) is 12.4 Å². The molecule has 0 saturated heterocycles. The molecule has 0 aliphatic carbocycles. The molecule has 0 radical (unpaired) electrons. The molecule has 0 aliphatic heterocycles. The third kappa shape index (κ3) is 5.36. The van der Waals surface area contributed by atoms with Crippen molar-refractivity contribution in [3.8, 4) is 17.0 Å². The highest BCUT2D eigenvalue weighted by Crippen LogP contribution is 2.32. The van der Waals surface area contributed by atoms with Crippen LogP contribution in [0, 0.1) is 0 Å². The number of ether oxygens (including phenoxy) is 2. The second-order valence-corrected chi connectivity index (χ2v) is 6.55. The van der Waals surface area contributed by atoms with Crippen LogP contribution in [0.1, 0.15) is 12.0 Å². The van der Waals surface area contributed by atoms with Crippen molar-refractivity contribution in [3.63, 3.8) is 0 Å². The molecule has 152 valence electrons. The van der Waals surface area contributed by atoms with E-state index in [1.165, 1.54) is 0 Å². The number of carbonyl (C=O) groups is 2. The average Bonchev–Trinajstić information content (AvgIpc) is 3.10. The molecule has 1 heterocycles. The fraction of sp³-hybridized carbons (Fsp3) is 0.273. The molecule has 0 fully saturated rings. The average molecular weight is 396 g/mol. The summed E-state index contributed by atoms with van der Waals surface area (Å²) in [4.78, 5) is 26.1. The summed E-state index contributed by atoms with van der Waals surface area (Å²) in [5, 5.41) is 12.4. The van der Waals surface area contributed by atoms with Crippen LogP contribution in [0.2, 0.25) is 0 Å². The zero-order chi connectivity index (χ0) is 20.6. The van der Waals surface area contributed by atoms with E-state index in [0.29, 0.717) is 12.8 Å². The quantitative estimate of drug-likeness (QED) is 0.458. The molecule has 3 N–H and O–H groups in total. The number of hydrogen-bond acceptors (Lipinski definition) is 4. The van der Waals surface area contributed by atoms with Crippen LogP contribution < -0.4 is 10.1 Å². The zero-order valence-electron chi connectivity index (χ0n) is 16.2. The van der Waals surface area contributed by atoms with Gasteiger partial charge in [0.15, 0.2) is 0 Å². The largest absolute Gasteiger partial charge is 0.497 e. The monoisotopic (exact) mass is 396 g/mol. The summed E-state index contributed by atoms with van der Waals surface area (Å²) in [5.74, 6) is -0.340. The van der Waals surface area contributed by atoms with Crippen molar-refractivity contribution >= 4 is 22.8 Å². The Labute approximate surface area is 168 Å². The number of para-hydroxylation sites is 1. The van der Waals surface area contributed by atoms with E-state index in [2.05, 4.69) is 10.3 Å². The van der Waals surface area contributed by atoms with Crippen molar-refractivity contribution in [2.75, 3.05) is 26.9 Å². The first-order valence-corrected chi connectivity index (χ1v) is 9.38. The number of rotatable bonds is 10. The normalized spacial score (nSPS) is 10.8. The predicted octanol–water partition coefficient (Wildman–Crippen LogP) is 2.99. The molecule has 0 saturated carbocycles. The zero-order valence-corrected chi connectivity index (χ0v) is 16.2. The number of benzene rings is 2. The van der Waals surface area contributed by atoms with Crippen molar-refractivity contribution in [2.24, 2.45) is 0 Å². The SMILES string of the molecule is COc1ccc(-c2[nH]c3ccccc3c2CCC(=O)NCCOCC(=O)O)cc1. The lowest BCUT2D eigenvalue weighted by Crippen LogP contribution is -2.28. The van der Waals surface area contributed by atoms with Crippen LogP contribution in [0.25, 0.3) is 22.2 Å². The van der Waals surface area contributed by atoms with Crippen molar-refractivity contribution in [3.05, 3.63) is 54.1 Å². The Bertz CT molecular complexity index is 979. The maximum atomic E-state index is 12.2. The number of amides is 1. The summed E-state index contributed by atoms with van der Waals surface area (Å²) in [6, 6.07) is 15.8. The van der Waals surface area contributed by atoms with Crippen molar-refractivity contribution < 1.29 is 24.2 Å². The van der Waals surface area contributed by atoms with E-state index in [0.717, 1.165) is 33.5 Å². The van der Waals surface area contributed by atoms with E-state index in [1.807, 2.05) is 48.5 Å². The topological polar surface area (TPSA) is 101 Å². The second kappa shape index (κ2) is 9.75. The Hall–Kier alpha value is -3.32. The molecule has 0 aliphatic rings. The molecule has 2 aromatic carbocycles. The Morgan fingerprint density at radius 2 is 1.86 bits per heavy atom. The van der Waals surface area contributed by atoms with E-state index in [9.17, 15) is 9.59 Å². The lowest BCUT2D eigenvalue weighted by atomic mass is 10.0. The number of carbonyl (C=O) groups excluding carboxylic acids is 1. The molecule has 3 aromatic rings. The number of H-pyrrole nitrogens is 1. The fourth-order valence-electron chi connectivity index (χ4n) is 3.21. The van der Waals surface area contributed by atoms with Gasteiger partial charge >= 0.3 is 5.97 Å². The number of aromatic amines is 1. The van der Waals surface area contributed by atoms with Gasteiger partial charge in [-0.3, -0.25) is 4.79 Å². The van der Waals surface area contributed by atoms with Crippen LogP contribution in [-0.2, 0) is 20.7 Å². The number of nitrogens with one attached hydrogen (secondary N) is 2. The summed E-state index contributed by atoms with van der Waals surface area (Å²) in [6.45, 7) is 0.0873. The minimum atomic E-state index is -1.03. The van der Waals surface area contributed by atoms with Crippen LogP contribution in [-0.4, -0.2) is 48.8 Å². The smallest absolute Gasteiger partial charge is 0.329 e. The minimum Gasteiger partial charge on any atom is -0.497 e. The molecule has 3 rings (SSSR count). The van der Waals surface area contributed by atoms with E-state index < -0.39 is 5.97 Å². The second-order valence-electron chi connectivity index (χ2n) is 6.55. The van der Waals surface area contributed by atoms with Crippen LogP contribution in [0.4, 0.5) is 0 Å². The van der Waals surface area contributed by atoms with Crippen LogP contribution in [0.3, 0.4) is 0 Å². The van der Waals surface area contributed by atoms with Crippen LogP contribution >= 0.6 is 0 Å². The molecule has 7 nitrogen and oxygen atoms in total. The highest BCUT2D eigenvalue weighted by atomic mass is 16.5. The van der Waals surface area contributed by atoms with Crippen molar-refractivity contribution in [1.82, 2.24) is 10.3 Å². The summed E-state index contributed by atoms with van der Waals surface area (Å²) < 4.78 is 10.2. The van der Waals surface area contributed by atoms with Gasteiger partial charge in [-0.15, -0.1) is 0 Å². The molecular formula is C22H24N2O5. The maximum Gasteiger partial charge on any atom is 0.329 e. The van der Waals surface area contributed by atoms with Gasteiger partial charge in [0.25, 0.3) is 0 Å². The highest BCUT2D eigenvalue weighted by molar-refractivity contribution is 5.91. The third-order valence-electron chi connectivity index (χ3n) is 4.59. The number of carboxylic acid groups (broad SMARTS) is 1. The van der Waals surface area contributed by atoms with Gasteiger partial charge in [0.2, 0.25) is 5.91 Å². The highest BCUT2D eigenvalue weighted by Gasteiger charge is 2.14. The molecule has 1 aromatic heterocycles. The van der Waals surface area contributed by atoms with E-state index >= 15 is 0 Å². The Balaban J connectivity index is 1.69. The number of aryl methyl sites for hydroxylation is 1. The van der Waals surface area contributed by atoms with E-state index in [-0.39, 0.29) is 25.7 Å². The molecule has 29 heavy (non-hydrogen) atoms. The first-order chi connectivity index (χ1) is 14.1. The lowest BCUT2D eigenvalue weighted by molar-refractivity contribution is -0.142. The maximum absolute atomic E-state index is 12.2. The summed E-state index contributed by atoms with van der Waals surface area (Å²) in [5.41, 5.74) is 4.13. The summed E-state index contributed by atoms with van der Waals surface area (Å²) in [6.07, 6.45) is 0.900. The van der Waals surface area contributed by atoms with Gasteiger partial charge in [0, 0.05) is 29.6 Å². The molecule has 0 spiro atoms. The Morgan fingerprint density at radius 3 is 2.59 bits per heavy atom. The van der Waals surface area contributed by atoms with Gasteiger partial charge < -0.3 is 24.9 Å². The van der Waals surface area contributed by atoms with Gasteiger partial charge in [-0.05, 0) is 47.9 Å². The first kappa shape index (κ1) is 20.4. The van der Waals surface area contributed by atoms with Gasteiger partial charge in [-0.1, -0.05) is 18.2 Å². The number of fused-ring (bicyclic) bond motifs is 1. The Kier molecular flexibility index (Phi) is 6.86. The van der Waals surface area contributed by atoms with Crippen molar-refractivity contribution in [1.29, 1.82) is 0 Å². The summed E-state index contributed by atoms with van der Waals surface area (Å²) in [7, 11) is 1.63. The van der Waals surface area contributed by atoms with Crippen LogP contribution in [0.15, 0.2) is 48.5 Å². The van der Waals surface area contributed by atoms with Gasteiger partial charge in [-0.2, -0.15) is 0 Å². The molecule has 0 unspecified atom stereocenters. The number of aliphatic carboxylic acids is 1. The lowest BCUT2D eigenvalue weighted by Gasteiger charge is -2.08. The molecular weight excluding hydrogens is 372 g/mol. The number of hydrogen-bond donors (Lipinski definition) is 3. The summed E-state index contributed by atoms with van der Waals surface area (Å²) >= 11 is 0. The third-order valence-corrected chi connectivity index (χ3v) is 4.59. The number of methoxy groups -OCH3 is 1. The molecule has 7 heteroatoms.